The molecular formula is C12H15FN4S. The highest BCUT2D eigenvalue weighted by molar-refractivity contribution is 7.98. The van der Waals surface area contributed by atoms with E-state index < -0.39 is 0 Å². The van der Waals surface area contributed by atoms with Gasteiger partial charge in [0, 0.05) is 10.9 Å². The maximum Gasteiger partial charge on any atom is 0.147 e. The Labute approximate surface area is 109 Å². The Morgan fingerprint density at radius 2 is 2.22 bits per heavy atom. The fourth-order valence-electron chi connectivity index (χ4n) is 1.55. The van der Waals surface area contributed by atoms with Crippen LogP contribution in [0.2, 0.25) is 0 Å². The van der Waals surface area contributed by atoms with E-state index in [2.05, 4.69) is 10.1 Å². The number of halogens is 1. The molecule has 2 rings (SSSR count). The molecule has 1 heterocycles. The number of aromatic nitrogens is 3. The molecule has 6 heteroatoms. The topological polar surface area (TPSA) is 56.7 Å². The van der Waals surface area contributed by atoms with E-state index in [1.807, 2.05) is 18.5 Å². The first kappa shape index (κ1) is 12.9. The molecule has 0 atom stereocenters. The zero-order chi connectivity index (χ0) is 13.1. The van der Waals surface area contributed by atoms with Crippen LogP contribution in [0.1, 0.15) is 25.7 Å². The van der Waals surface area contributed by atoms with Crippen LogP contribution in [0.4, 0.5) is 10.1 Å². The summed E-state index contributed by atoms with van der Waals surface area (Å²) in [6.45, 7) is 4.09. The molecule has 0 radical (unpaired) electrons. The second-order valence-electron chi connectivity index (χ2n) is 4.19. The van der Waals surface area contributed by atoms with Crippen LogP contribution in [0, 0.1) is 5.82 Å². The van der Waals surface area contributed by atoms with E-state index in [1.165, 1.54) is 17.8 Å². The summed E-state index contributed by atoms with van der Waals surface area (Å²) in [5, 5.41) is 4.16. The van der Waals surface area contributed by atoms with Gasteiger partial charge in [-0.05, 0) is 32.0 Å². The number of hydrogen-bond donors (Lipinski definition) is 1. The maximum absolute atomic E-state index is 13.3. The van der Waals surface area contributed by atoms with Gasteiger partial charge in [0.1, 0.15) is 18.0 Å². The average molecular weight is 266 g/mol. The summed E-state index contributed by atoms with van der Waals surface area (Å²) in [5.74, 6) is 1.15. The van der Waals surface area contributed by atoms with Gasteiger partial charge in [-0.3, -0.25) is 0 Å². The van der Waals surface area contributed by atoms with Crippen LogP contribution in [0.5, 0.6) is 0 Å². The van der Waals surface area contributed by atoms with Crippen molar-refractivity contribution in [2.45, 2.75) is 30.5 Å². The molecule has 4 nitrogen and oxygen atoms in total. The van der Waals surface area contributed by atoms with Gasteiger partial charge in [-0.25, -0.2) is 14.1 Å². The Kier molecular flexibility index (Phi) is 3.86. The normalized spacial score (nSPS) is 11.1. The van der Waals surface area contributed by atoms with Crippen molar-refractivity contribution in [2.75, 3.05) is 5.73 Å². The SMILES string of the molecule is CC(C)n1ncnc1CSc1ccc(N)c(F)c1. The molecule has 18 heavy (non-hydrogen) atoms. The molecule has 0 aliphatic rings. The molecule has 0 bridgehead atoms. The van der Waals surface area contributed by atoms with Crippen molar-refractivity contribution < 1.29 is 4.39 Å². The molecule has 2 aromatic rings. The first-order valence-corrected chi connectivity index (χ1v) is 6.62. The molecule has 96 valence electrons. The van der Waals surface area contributed by atoms with Crippen molar-refractivity contribution in [3.05, 3.63) is 36.2 Å². The molecule has 0 amide bonds. The van der Waals surface area contributed by atoms with Gasteiger partial charge in [0.2, 0.25) is 0 Å². The molecule has 0 saturated heterocycles. The molecule has 1 aromatic carbocycles. The minimum Gasteiger partial charge on any atom is -0.396 e. The molecule has 0 fully saturated rings. The predicted molar refractivity (Wildman–Crippen MR) is 70.8 cm³/mol. The Balaban J connectivity index is 2.07. The largest absolute Gasteiger partial charge is 0.396 e. The second kappa shape index (κ2) is 5.39. The van der Waals surface area contributed by atoms with E-state index in [4.69, 9.17) is 5.73 Å². The van der Waals surface area contributed by atoms with E-state index in [-0.39, 0.29) is 17.5 Å². The number of benzene rings is 1. The number of hydrogen-bond acceptors (Lipinski definition) is 4. The van der Waals surface area contributed by atoms with Crippen LogP contribution >= 0.6 is 11.8 Å². The van der Waals surface area contributed by atoms with Gasteiger partial charge in [0.25, 0.3) is 0 Å². The van der Waals surface area contributed by atoms with Gasteiger partial charge in [0.05, 0.1) is 11.4 Å². The quantitative estimate of drug-likeness (QED) is 0.683. The van der Waals surface area contributed by atoms with Crippen molar-refractivity contribution in [1.29, 1.82) is 0 Å². The van der Waals surface area contributed by atoms with E-state index >= 15 is 0 Å². The average Bonchev–Trinajstić information content (AvgIpc) is 2.79. The monoisotopic (exact) mass is 266 g/mol. The van der Waals surface area contributed by atoms with E-state index in [0.717, 1.165) is 10.7 Å². The summed E-state index contributed by atoms with van der Waals surface area (Å²) in [5.41, 5.74) is 5.60. The van der Waals surface area contributed by atoms with Crippen LogP contribution in [-0.4, -0.2) is 14.8 Å². The highest BCUT2D eigenvalue weighted by Gasteiger charge is 2.08. The summed E-state index contributed by atoms with van der Waals surface area (Å²) >= 11 is 1.51. The lowest BCUT2D eigenvalue weighted by Gasteiger charge is -2.09. The lowest BCUT2D eigenvalue weighted by Crippen LogP contribution is -2.07. The van der Waals surface area contributed by atoms with Gasteiger partial charge in [-0.15, -0.1) is 11.8 Å². The van der Waals surface area contributed by atoms with Gasteiger partial charge >= 0.3 is 0 Å². The summed E-state index contributed by atoms with van der Waals surface area (Å²) in [6.07, 6.45) is 1.54. The molecule has 0 saturated carbocycles. The Morgan fingerprint density at radius 3 is 2.89 bits per heavy atom. The number of rotatable bonds is 4. The van der Waals surface area contributed by atoms with Crippen LogP contribution in [0.25, 0.3) is 0 Å². The molecular weight excluding hydrogens is 251 g/mol. The number of nitrogens with two attached hydrogens (primary N) is 1. The Morgan fingerprint density at radius 1 is 1.44 bits per heavy atom. The van der Waals surface area contributed by atoms with Crippen molar-refractivity contribution in [2.24, 2.45) is 0 Å². The number of thioether (sulfide) groups is 1. The molecule has 0 aliphatic carbocycles. The predicted octanol–water partition coefficient (Wildman–Crippen LogP) is 2.87. The lowest BCUT2D eigenvalue weighted by atomic mass is 10.3. The molecule has 1 aromatic heterocycles. The maximum atomic E-state index is 13.3. The third-order valence-electron chi connectivity index (χ3n) is 2.48. The smallest absolute Gasteiger partial charge is 0.147 e. The Bertz CT molecular complexity index is 539. The molecule has 0 unspecified atom stereocenters. The number of nitrogen functional groups attached to an aromatic ring is 1. The third kappa shape index (κ3) is 2.81. The van der Waals surface area contributed by atoms with Crippen molar-refractivity contribution >= 4 is 17.4 Å². The minimum atomic E-state index is -0.384. The fourth-order valence-corrected chi connectivity index (χ4v) is 2.41. The zero-order valence-corrected chi connectivity index (χ0v) is 11.1. The van der Waals surface area contributed by atoms with Gasteiger partial charge in [-0.1, -0.05) is 0 Å². The summed E-state index contributed by atoms with van der Waals surface area (Å²) in [4.78, 5) is 5.04. The van der Waals surface area contributed by atoms with E-state index in [1.54, 1.807) is 18.5 Å². The minimum absolute atomic E-state index is 0.171. The summed E-state index contributed by atoms with van der Waals surface area (Å²) in [6, 6.07) is 5.09. The number of nitrogens with zero attached hydrogens (tertiary/aromatic N) is 3. The van der Waals surface area contributed by atoms with Gasteiger partial charge in [0.15, 0.2) is 0 Å². The van der Waals surface area contributed by atoms with E-state index in [0.29, 0.717) is 5.75 Å². The van der Waals surface area contributed by atoms with Crippen molar-refractivity contribution in [3.63, 3.8) is 0 Å². The van der Waals surface area contributed by atoms with Crippen molar-refractivity contribution in [3.8, 4) is 0 Å². The van der Waals surface area contributed by atoms with Gasteiger partial charge in [-0.2, -0.15) is 5.10 Å². The van der Waals surface area contributed by atoms with Crippen LogP contribution in [0.15, 0.2) is 29.4 Å². The highest BCUT2D eigenvalue weighted by Crippen LogP contribution is 2.25. The highest BCUT2D eigenvalue weighted by atomic mass is 32.2. The first-order chi connectivity index (χ1) is 8.58. The molecule has 2 N–H and O–H groups in total. The second-order valence-corrected chi connectivity index (χ2v) is 5.24. The van der Waals surface area contributed by atoms with Crippen molar-refractivity contribution in [1.82, 2.24) is 14.8 Å². The first-order valence-electron chi connectivity index (χ1n) is 5.64. The standard InChI is InChI=1S/C12H15FN4S/c1-8(2)17-12(15-7-16-17)6-18-9-3-4-11(14)10(13)5-9/h3-5,7-8H,6,14H2,1-2H3. The van der Waals surface area contributed by atoms with E-state index in [9.17, 15) is 4.39 Å². The summed E-state index contributed by atoms with van der Waals surface area (Å²) in [7, 11) is 0. The fraction of sp³-hybridized carbons (Fsp3) is 0.333. The van der Waals surface area contributed by atoms with Crippen LogP contribution in [-0.2, 0) is 5.75 Å². The summed E-state index contributed by atoms with van der Waals surface area (Å²) < 4.78 is 15.1. The number of anilines is 1. The van der Waals surface area contributed by atoms with Gasteiger partial charge < -0.3 is 5.73 Å². The molecule has 0 aliphatic heterocycles. The zero-order valence-electron chi connectivity index (χ0n) is 10.3. The third-order valence-corrected chi connectivity index (χ3v) is 3.47. The van der Waals surface area contributed by atoms with Crippen LogP contribution in [0.3, 0.4) is 0 Å². The lowest BCUT2D eigenvalue weighted by molar-refractivity contribution is 0.514. The molecule has 0 spiro atoms. The van der Waals surface area contributed by atoms with Crippen LogP contribution < -0.4 is 5.73 Å². The Hall–Kier alpha value is -1.56.